The van der Waals surface area contributed by atoms with Crippen molar-refractivity contribution in [1.82, 2.24) is 15.5 Å². The van der Waals surface area contributed by atoms with E-state index in [0.717, 1.165) is 30.8 Å². The van der Waals surface area contributed by atoms with Crippen LogP contribution in [0.5, 0.6) is 11.5 Å². The predicted octanol–water partition coefficient (Wildman–Crippen LogP) is 3.85. The number of phenols is 1. The molecule has 0 saturated heterocycles. The van der Waals surface area contributed by atoms with Gasteiger partial charge in [-0.1, -0.05) is 12.1 Å². The topological polar surface area (TPSA) is 84.3 Å². The number of alkyl halides is 3. The average Bonchev–Trinajstić information content (AvgIpc) is 2.73. The molecule has 1 aromatic heterocycles. The van der Waals surface area contributed by atoms with E-state index in [1.807, 2.05) is 6.07 Å². The van der Waals surface area contributed by atoms with E-state index < -0.39 is 12.1 Å². The number of esters is 1. The van der Waals surface area contributed by atoms with Gasteiger partial charge in [0.25, 0.3) is 0 Å². The predicted molar refractivity (Wildman–Crippen MR) is 104 cm³/mol. The Morgan fingerprint density at radius 2 is 1.80 bits per heavy atom. The first-order valence-corrected chi connectivity index (χ1v) is 9.11. The number of benzene rings is 2. The molecule has 0 fully saturated rings. The smallest absolute Gasteiger partial charge is 0.491 e. The summed E-state index contributed by atoms with van der Waals surface area (Å²) in [7, 11) is 0. The zero-order valence-corrected chi connectivity index (χ0v) is 15.5. The lowest BCUT2D eigenvalue weighted by Gasteiger charge is -2.13. The number of fused-ring (bicyclic) bond motifs is 1. The van der Waals surface area contributed by atoms with E-state index in [2.05, 4.69) is 26.3 Å². The molecule has 3 aromatic rings. The minimum Gasteiger partial charge on any atom is -0.507 e. The lowest BCUT2D eigenvalue weighted by atomic mass is 10.0. The molecule has 0 amide bonds. The molecule has 1 aliphatic rings. The van der Waals surface area contributed by atoms with E-state index in [9.17, 15) is 23.1 Å². The van der Waals surface area contributed by atoms with Crippen molar-refractivity contribution in [2.24, 2.45) is 0 Å². The van der Waals surface area contributed by atoms with Gasteiger partial charge in [-0.25, -0.2) is 4.79 Å². The highest BCUT2D eigenvalue weighted by molar-refractivity contribution is 5.91. The van der Waals surface area contributed by atoms with Gasteiger partial charge in [0.1, 0.15) is 11.5 Å². The normalized spacial score (nSPS) is 14.4. The van der Waals surface area contributed by atoms with E-state index in [-0.39, 0.29) is 11.5 Å². The maximum absolute atomic E-state index is 12.4. The summed E-state index contributed by atoms with van der Waals surface area (Å²) in [6, 6.07) is 10.6. The summed E-state index contributed by atoms with van der Waals surface area (Å²) in [6.07, 6.45) is -2.17. The number of nitrogens with zero attached hydrogens (tertiary/aromatic N) is 2. The second kappa shape index (κ2) is 7.75. The third-order valence-corrected chi connectivity index (χ3v) is 4.70. The molecule has 0 atom stereocenters. The molecule has 0 radical (unpaired) electrons. The van der Waals surface area contributed by atoms with Gasteiger partial charge in [0.2, 0.25) is 0 Å². The average molecular weight is 415 g/mol. The van der Waals surface area contributed by atoms with Crippen LogP contribution in [0.15, 0.2) is 48.5 Å². The van der Waals surface area contributed by atoms with Crippen LogP contribution in [0.2, 0.25) is 0 Å². The summed E-state index contributed by atoms with van der Waals surface area (Å²) in [5, 5.41) is 23.1. The molecule has 1 aliphatic heterocycles. The molecule has 9 heteroatoms. The summed E-state index contributed by atoms with van der Waals surface area (Å²) in [4.78, 5) is 11.0. The van der Waals surface area contributed by atoms with Gasteiger partial charge in [-0.2, -0.15) is 18.3 Å². The molecule has 0 saturated carbocycles. The molecule has 2 aromatic carbocycles. The Morgan fingerprint density at radius 3 is 2.47 bits per heavy atom. The Kier molecular flexibility index (Phi) is 5.13. The van der Waals surface area contributed by atoms with E-state index in [0.29, 0.717) is 22.0 Å². The van der Waals surface area contributed by atoms with Gasteiger partial charge in [0.15, 0.2) is 0 Å². The number of hydrogen-bond acceptors (Lipinski definition) is 6. The number of hydrogen-bond donors (Lipinski definition) is 2. The minimum atomic E-state index is -5.09. The molecule has 154 valence electrons. The van der Waals surface area contributed by atoms with Crippen LogP contribution in [0, 0.1) is 0 Å². The number of phenolic OH excluding ortho intramolecular Hbond substituents is 1. The molecule has 6 nitrogen and oxygen atoms in total. The largest absolute Gasteiger partial charge is 0.507 e. The second-order valence-corrected chi connectivity index (χ2v) is 6.75. The Bertz CT molecular complexity index is 1140. The van der Waals surface area contributed by atoms with Gasteiger partial charge in [-0.05, 0) is 65.7 Å². The number of carbonyl (C=O) groups excluding carboxylic acids is 1. The van der Waals surface area contributed by atoms with E-state index in [4.69, 9.17) is 0 Å². The fourth-order valence-electron chi connectivity index (χ4n) is 3.20. The van der Waals surface area contributed by atoms with Crippen LogP contribution in [0.3, 0.4) is 0 Å². The van der Waals surface area contributed by atoms with Gasteiger partial charge in [0.05, 0.1) is 11.4 Å². The molecule has 0 unspecified atom stereocenters. The highest BCUT2D eigenvalue weighted by Crippen LogP contribution is 2.34. The van der Waals surface area contributed by atoms with Crippen molar-refractivity contribution >= 4 is 22.3 Å². The van der Waals surface area contributed by atoms with Crippen LogP contribution in [0.25, 0.3) is 27.6 Å². The lowest BCUT2D eigenvalue weighted by Crippen LogP contribution is -2.27. The lowest BCUT2D eigenvalue weighted by molar-refractivity contribution is -0.189. The monoisotopic (exact) mass is 415 g/mol. The first kappa shape index (κ1) is 19.8. The summed E-state index contributed by atoms with van der Waals surface area (Å²) in [6.45, 7) is 1.66. The van der Waals surface area contributed by atoms with Crippen LogP contribution >= 0.6 is 0 Å². The molecular weight excluding hydrogens is 399 g/mol. The Balaban J connectivity index is 1.62. The Hall–Kier alpha value is -3.46. The molecule has 30 heavy (non-hydrogen) atoms. The van der Waals surface area contributed by atoms with Crippen LogP contribution in [0.4, 0.5) is 13.2 Å². The number of aromatic nitrogens is 2. The van der Waals surface area contributed by atoms with Crippen LogP contribution in [-0.2, 0) is 4.79 Å². The van der Waals surface area contributed by atoms with Gasteiger partial charge < -0.3 is 15.2 Å². The molecule has 4 rings (SSSR count). The third-order valence-electron chi connectivity index (χ3n) is 4.70. The first-order valence-electron chi connectivity index (χ1n) is 9.11. The van der Waals surface area contributed by atoms with Crippen molar-refractivity contribution in [3.05, 3.63) is 54.2 Å². The van der Waals surface area contributed by atoms with Crippen molar-refractivity contribution in [3.63, 3.8) is 0 Å². The van der Waals surface area contributed by atoms with E-state index in [1.54, 1.807) is 12.1 Å². The molecular formula is C21H16F3N3O3. The van der Waals surface area contributed by atoms with Gasteiger partial charge in [-0.3, -0.25) is 0 Å². The van der Waals surface area contributed by atoms with Crippen LogP contribution in [-0.4, -0.2) is 40.5 Å². The Labute approximate surface area is 169 Å². The van der Waals surface area contributed by atoms with Crippen molar-refractivity contribution < 1.29 is 27.8 Å². The zero-order chi connectivity index (χ0) is 21.3. The molecule has 0 spiro atoms. The van der Waals surface area contributed by atoms with Crippen LogP contribution in [0.1, 0.15) is 12.1 Å². The van der Waals surface area contributed by atoms with Gasteiger partial charge in [-0.15, -0.1) is 5.10 Å². The van der Waals surface area contributed by atoms with E-state index >= 15 is 0 Å². The van der Waals surface area contributed by atoms with E-state index in [1.165, 1.54) is 24.3 Å². The van der Waals surface area contributed by atoms with Crippen molar-refractivity contribution in [2.45, 2.75) is 12.6 Å². The van der Waals surface area contributed by atoms with Crippen molar-refractivity contribution in [1.29, 1.82) is 0 Å². The SMILES string of the molecule is O=C(Oc1ccc2cc(-c3ccc(C4=CCNCC4)nn3)c(O)cc2c1)C(F)(F)F. The standard InChI is InChI=1S/C21H16F3N3O3/c22-21(23,24)20(29)30-15-2-1-13-10-16(19(28)11-14(13)9-15)18-4-3-17(26-27-18)12-5-7-25-8-6-12/h1-5,9-11,25,28H,6-8H2. The summed E-state index contributed by atoms with van der Waals surface area (Å²) in [5.41, 5.74) is 2.77. The molecule has 0 bridgehead atoms. The minimum absolute atomic E-state index is 0.120. The molecule has 0 aliphatic carbocycles. The molecule has 2 N–H and O–H groups in total. The van der Waals surface area contributed by atoms with Crippen LogP contribution < -0.4 is 10.1 Å². The summed E-state index contributed by atoms with van der Waals surface area (Å²) in [5.74, 6) is -2.69. The number of carbonyl (C=O) groups is 1. The number of rotatable bonds is 3. The number of nitrogens with one attached hydrogen (secondary N) is 1. The first-order chi connectivity index (χ1) is 14.3. The maximum Gasteiger partial charge on any atom is 0.491 e. The van der Waals surface area contributed by atoms with Crippen molar-refractivity contribution in [3.8, 4) is 22.8 Å². The van der Waals surface area contributed by atoms with Gasteiger partial charge in [0, 0.05) is 12.1 Å². The summed E-state index contributed by atoms with van der Waals surface area (Å²) < 4.78 is 41.4. The number of ether oxygens (including phenoxy) is 1. The summed E-state index contributed by atoms with van der Waals surface area (Å²) >= 11 is 0. The highest BCUT2D eigenvalue weighted by atomic mass is 19.4. The fourth-order valence-corrected chi connectivity index (χ4v) is 3.20. The second-order valence-electron chi connectivity index (χ2n) is 6.75. The van der Waals surface area contributed by atoms with Crippen molar-refractivity contribution in [2.75, 3.05) is 13.1 Å². The highest BCUT2D eigenvalue weighted by Gasteiger charge is 2.41. The third kappa shape index (κ3) is 4.11. The Morgan fingerprint density at radius 1 is 1.03 bits per heavy atom. The molecule has 2 heterocycles. The fraction of sp³-hybridized carbons (Fsp3) is 0.190. The zero-order valence-electron chi connectivity index (χ0n) is 15.5. The maximum atomic E-state index is 12.4. The van der Waals surface area contributed by atoms with Gasteiger partial charge >= 0.3 is 12.1 Å². The number of halogens is 3. The quantitative estimate of drug-likeness (QED) is 0.500. The number of aromatic hydroxyl groups is 1.